The number of rotatable bonds is 2. The molecule has 18 heavy (non-hydrogen) atoms. The highest BCUT2D eigenvalue weighted by Gasteiger charge is 2.61. The van der Waals surface area contributed by atoms with Gasteiger partial charge in [-0.1, -0.05) is 19.9 Å². The van der Waals surface area contributed by atoms with Crippen LogP contribution in [0, 0.1) is 12.3 Å². The van der Waals surface area contributed by atoms with Crippen LogP contribution in [0.5, 0.6) is 0 Å². The predicted octanol–water partition coefficient (Wildman–Crippen LogP) is 2.54. The van der Waals surface area contributed by atoms with Crippen molar-refractivity contribution in [3.8, 4) is 0 Å². The largest absolute Gasteiger partial charge is 0.395 e. The number of hydrogen-bond donors (Lipinski definition) is 1. The maximum Gasteiger partial charge on any atom is 0.106 e. The third-order valence-electron chi connectivity index (χ3n) is 4.84. The summed E-state index contributed by atoms with van der Waals surface area (Å²) in [4.78, 5) is 4.58. The minimum Gasteiger partial charge on any atom is -0.395 e. The summed E-state index contributed by atoms with van der Waals surface area (Å²) >= 11 is 0. The Morgan fingerprint density at radius 3 is 2.61 bits per heavy atom. The molecule has 1 aliphatic carbocycles. The van der Waals surface area contributed by atoms with Crippen LogP contribution in [0.4, 0.5) is 0 Å². The van der Waals surface area contributed by atoms with Crippen LogP contribution in [-0.2, 0) is 12.5 Å². The third-order valence-corrected chi connectivity index (χ3v) is 4.84. The van der Waals surface area contributed by atoms with Crippen molar-refractivity contribution in [2.24, 2.45) is 12.5 Å². The van der Waals surface area contributed by atoms with E-state index < -0.39 is 0 Å². The van der Waals surface area contributed by atoms with Gasteiger partial charge < -0.3 is 9.67 Å². The van der Waals surface area contributed by atoms with Crippen molar-refractivity contribution in [1.82, 2.24) is 9.55 Å². The van der Waals surface area contributed by atoms with Crippen molar-refractivity contribution < 1.29 is 5.11 Å². The SMILES string of the molecule is Cc1nc2cc(C3(CO)CC3(C)C)ccc2n1C. The molecule has 0 spiro atoms. The Bertz CT molecular complexity index is 627. The molecule has 3 nitrogen and oxygen atoms in total. The molecule has 0 amide bonds. The lowest BCUT2D eigenvalue weighted by atomic mass is 9.88. The molecule has 1 aromatic heterocycles. The monoisotopic (exact) mass is 244 g/mol. The molecular formula is C15H20N2O. The number of aromatic nitrogens is 2. The molecule has 1 heterocycles. The number of imidazole rings is 1. The van der Waals surface area contributed by atoms with Crippen molar-refractivity contribution in [2.45, 2.75) is 32.6 Å². The normalized spacial score (nSPS) is 25.6. The molecule has 3 rings (SSSR count). The Morgan fingerprint density at radius 2 is 2.06 bits per heavy atom. The first-order chi connectivity index (χ1) is 8.41. The van der Waals surface area contributed by atoms with Gasteiger partial charge in [-0.15, -0.1) is 0 Å². The molecule has 1 N–H and O–H groups in total. The van der Waals surface area contributed by atoms with Gasteiger partial charge >= 0.3 is 0 Å². The first-order valence-electron chi connectivity index (χ1n) is 6.46. The Balaban J connectivity index is 2.15. The van der Waals surface area contributed by atoms with Crippen molar-refractivity contribution >= 4 is 11.0 Å². The number of aryl methyl sites for hydroxylation is 2. The highest BCUT2D eigenvalue weighted by atomic mass is 16.3. The van der Waals surface area contributed by atoms with E-state index in [9.17, 15) is 5.11 Å². The molecule has 1 fully saturated rings. The lowest BCUT2D eigenvalue weighted by Gasteiger charge is -2.18. The lowest BCUT2D eigenvalue weighted by Crippen LogP contribution is -2.19. The van der Waals surface area contributed by atoms with Crippen LogP contribution in [-0.4, -0.2) is 21.3 Å². The summed E-state index contributed by atoms with van der Waals surface area (Å²) in [7, 11) is 2.03. The van der Waals surface area contributed by atoms with Gasteiger partial charge in [-0.3, -0.25) is 0 Å². The molecule has 0 bridgehead atoms. The minimum absolute atomic E-state index is 0.0629. The molecule has 1 atom stereocenters. The molecule has 2 aromatic rings. The second-order valence-corrected chi connectivity index (χ2v) is 6.22. The maximum absolute atomic E-state index is 9.75. The van der Waals surface area contributed by atoms with Crippen molar-refractivity contribution in [3.05, 3.63) is 29.6 Å². The van der Waals surface area contributed by atoms with E-state index in [0.717, 1.165) is 23.3 Å². The van der Waals surface area contributed by atoms with Crippen LogP contribution < -0.4 is 0 Å². The van der Waals surface area contributed by atoms with Gasteiger partial charge in [-0.2, -0.15) is 0 Å². The molecule has 1 unspecified atom stereocenters. The average molecular weight is 244 g/mol. The van der Waals surface area contributed by atoms with Crippen LogP contribution >= 0.6 is 0 Å². The summed E-state index contributed by atoms with van der Waals surface area (Å²) in [5, 5.41) is 9.75. The molecule has 3 heteroatoms. The van der Waals surface area contributed by atoms with Crippen LogP contribution in [0.25, 0.3) is 11.0 Å². The van der Waals surface area contributed by atoms with Gasteiger partial charge in [0, 0.05) is 12.5 Å². The van der Waals surface area contributed by atoms with Gasteiger partial charge in [0.1, 0.15) is 5.82 Å². The van der Waals surface area contributed by atoms with Crippen LogP contribution in [0.15, 0.2) is 18.2 Å². The summed E-state index contributed by atoms with van der Waals surface area (Å²) in [5.74, 6) is 1.02. The van der Waals surface area contributed by atoms with Gasteiger partial charge in [0.2, 0.25) is 0 Å². The van der Waals surface area contributed by atoms with E-state index in [1.807, 2.05) is 14.0 Å². The zero-order valence-electron chi connectivity index (χ0n) is 11.5. The van der Waals surface area contributed by atoms with E-state index in [1.165, 1.54) is 5.56 Å². The summed E-state index contributed by atoms with van der Waals surface area (Å²) in [6.45, 7) is 6.67. The maximum atomic E-state index is 9.75. The molecule has 0 saturated heterocycles. The summed E-state index contributed by atoms with van der Waals surface area (Å²) in [6, 6.07) is 6.41. The number of fused-ring (bicyclic) bond motifs is 1. The number of aliphatic hydroxyl groups is 1. The highest BCUT2D eigenvalue weighted by molar-refractivity contribution is 5.77. The molecule has 96 valence electrons. The van der Waals surface area contributed by atoms with E-state index in [1.54, 1.807) is 0 Å². The lowest BCUT2D eigenvalue weighted by molar-refractivity contribution is 0.231. The van der Waals surface area contributed by atoms with Crippen LogP contribution in [0.1, 0.15) is 31.7 Å². The van der Waals surface area contributed by atoms with E-state index in [-0.39, 0.29) is 17.4 Å². The Morgan fingerprint density at radius 1 is 1.39 bits per heavy atom. The second-order valence-electron chi connectivity index (χ2n) is 6.22. The molecule has 1 aliphatic rings. The van der Waals surface area contributed by atoms with E-state index >= 15 is 0 Å². The molecule has 0 aliphatic heterocycles. The zero-order chi connectivity index (χ0) is 13.1. The topological polar surface area (TPSA) is 38.1 Å². The Labute approximate surface area is 107 Å². The van der Waals surface area contributed by atoms with Crippen molar-refractivity contribution in [1.29, 1.82) is 0 Å². The quantitative estimate of drug-likeness (QED) is 0.881. The van der Waals surface area contributed by atoms with Crippen LogP contribution in [0.2, 0.25) is 0 Å². The first kappa shape index (κ1) is 11.7. The number of hydrogen-bond acceptors (Lipinski definition) is 2. The molecule has 1 aromatic carbocycles. The molecule has 0 radical (unpaired) electrons. The standard InChI is InChI=1S/C15H20N2O/c1-10-16-12-7-11(5-6-13(12)17(10)4)15(9-18)8-14(15,2)3/h5-7,18H,8-9H2,1-4H3. The fourth-order valence-corrected chi connectivity index (χ4v) is 3.18. The molecular weight excluding hydrogens is 224 g/mol. The van der Waals surface area contributed by atoms with Gasteiger partial charge in [0.15, 0.2) is 0 Å². The summed E-state index contributed by atoms with van der Waals surface area (Å²) < 4.78 is 2.10. The second kappa shape index (κ2) is 3.35. The third kappa shape index (κ3) is 1.31. The van der Waals surface area contributed by atoms with Gasteiger partial charge in [-0.05, 0) is 36.5 Å². The predicted molar refractivity (Wildman–Crippen MR) is 72.6 cm³/mol. The van der Waals surface area contributed by atoms with Crippen LogP contribution in [0.3, 0.4) is 0 Å². The first-order valence-corrected chi connectivity index (χ1v) is 6.46. The zero-order valence-corrected chi connectivity index (χ0v) is 11.5. The van der Waals surface area contributed by atoms with E-state index in [2.05, 4.69) is 41.6 Å². The van der Waals surface area contributed by atoms with Gasteiger partial charge in [-0.25, -0.2) is 4.98 Å². The summed E-state index contributed by atoms with van der Waals surface area (Å²) in [6.07, 6.45) is 1.05. The number of benzene rings is 1. The van der Waals surface area contributed by atoms with Gasteiger partial charge in [0.05, 0.1) is 17.6 Å². The summed E-state index contributed by atoms with van der Waals surface area (Å²) in [5.41, 5.74) is 3.54. The fourth-order valence-electron chi connectivity index (χ4n) is 3.18. The highest BCUT2D eigenvalue weighted by Crippen LogP contribution is 2.64. The van der Waals surface area contributed by atoms with E-state index in [0.29, 0.717) is 0 Å². The van der Waals surface area contributed by atoms with Crippen molar-refractivity contribution in [2.75, 3.05) is 6.61 Å². The molecule has 1 saturated carbocycles. The minimum atomic E-state index is -0.0629. The number of nitrogens with zero attached hydrogens (tertiary/aromatic N) is 2. The average Bonchev–Trinajstić information content (AvgIpc) is 2.80. The fraction of sp³-hybridized carbons (Fsp3) is 0.533. The van der Waals surface area contributed by atoms with Gasteiger partial charge in [0.25, 0.3) is 0 Å². The smallest absolute Gasteiger partial charge is 0.106 e. The number of aliphatic hydroxyl groups excluding tert-OH is 1. The van der Waals surface area contributed by atoms with Crippen molar-refractivity contribution in [3.63, 3.8) is 0 Å². The Kier molecular flexibility index (Phi) is 2.18. The van der Waals surface area contributed by atoms with E-state index in [4.69, 9.17) is 0 Å². The Hall–Kier alpha value is -1.35.